The molecule has 3 fully saturated rings. The van der Waals surface area contributed by atoms with Gasteiger partial charge in [0, 0.05) is 43.6 Å². The first kappa shape index (κ1) is 20.2. The van der Waals surface area contributed by atoms with E-state index in [4.69, 9.17) is 4.74 Å². The molecule has 1 saturated carbocycles. The van der Waals surface area contributed by atoms with Crippen molar-refractivity contribution in [1.29, 1.82) is 0 Å². The molecule has 1 unspecified atom stereocenters. The Labute approximate surface area is 174 Å². The highest BCUT2D eigenvalue weighted by Crippen LogP contribution is 2.29. The predicted octanol–water partition coefficient (Wildman–Crippen LogP) is 4.12. The molecule has 158 valence electrons. The molecule has 3 aliphatic rings. The normalized spacial score (nSPS) is 23.2. The first-order valence-electron chi connectivity index (χ1n) is 11.5. The van der Waals surface area contributed by atoms with E-state index in [1.54, 1.807) is 0 Å². The Morgan fingerprint density at radius 2 is 1.66 bits per heavy atom. The van der Waals surface area contributed by atoms with Crippen LogP contribution in [0.3, 0.4) is 0 Å². The molecule has 29 heavy (non-hydrogen) atoms. The summed E-state index contributed by atoms with van der Waals surface area (Å²) in [6.07, 6.45) is 10.1. The number of rotatable bonds is 5. The first-order valence-corrected chi connectivity index (χ1v) is 11.5. The molecule has 1 aromatic rings. The second kappa shape index (κ2) is 9.64. The van der Waals surface area contributed by atoms with E-state index >= 15 is 0 Å². The second-order valence-electron chi connectivity index (χ2n) is 8.97. The van der Waals surface area contributed by atoms with Crippen molar-refractivity contribution in [3.05, 3.63) is 29.8 Å². The van der Waals surface area contributed by atoms with Gasteiger partial charge in [-0.15, -0.1) is 0 Å². The number of likely N-dealkylation sites (tertiary alicyclic amines) is 2. The lowest BCUT2D eigenvalue weighted by Crippen LogP contribution is -2.43. The predicted molar refractivity (Wildman–Crippen MR) is 113 cm³/mol. The van der Waals surface area contributed by atoms with Crippen LogP contribution in [-0.4, -0.2) is 54.4 Å². The fourth-order valence-corrected chi connectivity index (χ4v) is 5.04. The molecule has 5 heteroatoms. The zero-order valence-electron chi connectivity index (χ0n) is 17.5. The van der Waals surface area contributed by atoms with Crippen molar-refractivity contribution in [2.45, 2.75) is 57.8 Å². The molecule has 0 N–H and O–H groups in total. The Bertz CT molecular complexity index is 708. The Hall–Kier alpha value is -2.04. The number of hydrogen-bond acceptors (Lipinski definition) is 3. The molecule has 0 radical (unpaired) electrons. The van der Waals surface area contributed by atoms with Crippen LogP contribution in [-0.2, 0) is 4.79 Å². The minimum absolute atomic E-state index is 0.112. The van der Waals surface area contributed by atoms with Crippen LogP contribution in [0.1, 0.15) is 68.1 Å². The molecular weight excluding hydrogens is 364 g/mol. The summed E-state index contributed by atoms with van der Waals surface area (Å²) >= 11 is 0. The van der Waals surface area contributed by atoms with Crippen molar-refractivity contribution in [3.8, 4) is 5.75 Å². The van der Waals surface area contributed by atoms with E-state index in [1.165, 1.54) is 19.3 Å². The van der Waals surface area contributed by atoms with E-state index in [1.807, 2.05) is 29.2 Å². The lowest BCUT2D eigenvalue weighted by Gasteiger charge is -2.34. The van der Waals surface area contributed by atoms with E-state index in [0.29, 0.717) is 24.0 Å². The number of amides is 2. The molecule has 2 heterocycles. The average molecular weight is 399 g/mol. The first-order chi connectivity index (χ1) is 14.2. The lowest BCUT2D eigenvalue weighted by molar-refractivity contribution is -0.137. The van der Waals surface area contributed by atoms with Crippen molar-refractivity contribution in [2.75, 3.05) is 32.8 Å². The topological polar surface area (TPSA) is 49.9 Å². The highest BCUT2D eigenvalue weighted by Gasteiger charge is 2.30. The molecule has 5 nitrogen and oxygen atoms in total. The van der Waals surface area contributed by atoms with Crippen LogP contribution in [0.25, 0.3) is 0 Å². The van der Waals surface area contributed by atoms with Crippen LogP contribution in [0.4, 0.5) is 0 Å². The molecule has 1 atom stereocenters. The summed E-state index contributed by atoms with van der Waals surface area (Å²) in [5.74, 6) is 1.86. The van der Waals surface area contributed by atoms with Gasteiger partial charge in [-0.1, -0.05) is 18.9 Å². The summed E-state index contributed by atoms with van der Waals surface area (Å²) in [5.41, 5.74) is 0.714. The highest BCUT2D eigenvalue weighted by molar-refractivity contribution is 5.94. The summed E-state index contributed by atoms with van der Waals surface area (Å²) in [5, 5.41) is 0. The fourth-order valence-electron chi connectivity index (χ4n) is 5.04. The SMILES string of the molecule is O=C(c1cccc(OCC2CCCN(C(=O)C3CCCC3)C2)c1)N1CCCCC1. The zero-order valence-corrected chi connectivity index (χ0v) is 17.5. The van der Waals surface area contributed by atoms with Crippen molar-refractivity contribution in [1.82, 2.24) is 9.80 Å². The molecule has 2 amide bonds. The molecule has 0 aromatic heterocycles. The third kappa shape index (κ3) is 5.12. The maximum Gasteiger partial charge on any atom is 0.253 e. The number of benzene rings is 1. The molecule has 0 bridgehead atoms. The largest absolute Gasteiger partial charge is 0.493 e. The molecule has 4 rings (SSSR count). The van der Waals surface area contributed by atoms with Gasteiger partial charge in [0.25, 0.3) is 5.91 Å². The van der Waals surface area contributed by atoms with E-state index < -0.39 is 0 Å². The molecule has 1 aliphatic carbocycles. The van der Waals surface area contributed by atoms with Crippen LogP contribution in [0.15, 0.2) is 24.3 Å². The maximum absolute atomic E-state index is 12.7. The van der Waals surface area contributed by atoms with Crippen molar-refractivity contribution < 1.29 is 14.3 Å². The highest BCUT2D eigenvalue weighted by atomic mass is 16.5. The van der Waals surface area contributed by atoms with Gasteiger partial charge in [-0.25, -0.2) is 0 Å². The van der Waals surface area contributed by atoms with Crippen LogP contribution in [0.2, 0.25) is 0 Å². The van der Waals surface area contributed by atoms with Gasteiger partial charge in [-0.05, 0) is 63.1 Å². The Kier molecular flexibility index (Phi) is 6.73. The summed E-state index contributed by atoms with van der Waals surface area (Å²) in [6.45, 7) is 4.02. The number of piperidine rings is 2. The molecule has 0 spiro atoms. The summed E-state index contributed by atoms with van der Waals surface area (Å²) in [7, 11) is 0. The summed E-state index contributed by atoms with van der Waals surface area (Å²) in [4.78, 5) is 29.5. The number of ether oxygens (including phenoxy) is 1. The summed E-state index contributed by atoms with van der Waals surface area (Å²) in [6, 6.07) is 7.59. The fraction of sp³-hybridized carbons (Fsp3) is 0.667. The van der Waals surface area contributed by atoms with Gasteiger partial charge < -0.3 is 14.5 Å². The maximum atomic E-state index is 12.7. The van der Waals surface area contributed by atoms with E-state index in [0.717, 1.165) is 70.5 Å². The zero-order chi connectivity index (χ0) is 20.1. The molecule has 2 aliphatic heterocycles. The monoisotopic (exact) mass is 398 g/mol. The standard InChI is InChI=1S/C24H34N2O3/c27-23(20-9-2-3-10-20)26-15-7-8-19(17-26)18-29-22-12-6-11-21(16-22)24(28)25-13-4-1-5-14-25/h6,11-12,16,19-20H,1-5,7-10,13-15,17-18H2. The van der Waals surface area contributed by atoms with E-state index in [9.17, 15) is 9.59 Å². The van der Waals surface area contributed by atoms with Gasteiger partial charge in [0.05, 0.1) is 6.61 Å². The molecule has 1 aromatic carbocycles. The Balaban J connectivity index is 1.30. The van der Waals surface area contributed by atoms with Gasteiger partial charge in [0.15, 0.2) is 0 Å². The number of nitrogens with zero attached hydrogens (tertiary/aromatic N) is 2. The summed E-state index contributed by atoms with van der Waals surface area (Å²) < 4.78 is 6.07. The number of carbonyl (C=O) groups excluding carboxylic acids is 2. The van der Waals surface area contributed by atoms with Gasteiger partial charge in [0.2, 0.25) is 5.91 Å². The van der Waals surface area contributed by atoms with Crippen LogP contribution in [0, 0.1) is 11.8 Å². The van der Waals surface area contributed by atoms with Crippen LogP contribution in [0.5, 0.6) is 5.75 Å². The third-order valence-electron chi connectivity index (χ3n) is 6.75. The van der Waals surface area contributed by atoms with Crippen molar-refractivity contribution >= 4 is 11.8 Å². The van der Waals surface area contributed by atoms with E-state index in [-0.39, 0.29) is 11.8 Å². The quantitative estimate of drug-likeness (QED) is 0.750. The van der Waals surface area contributed by atoms with Crippen molar-refractivity contribution in [2.24, 2.45) is 11.8 Å². The third-order valence-corrected chi connectivity index (χ3v) is 6.75. The Morgan fingerprint density at radius 3 is 2.45 bits per heavy atom. The smallest absolute Gasteiger partial charge is 0.253 e. The number of hydrogen-bond donors (Lipinski definition) is 0. The minimum atomic E-state index is 0.112. The van der Waals surface area contributed by atoms with Crippen molar-refractivity contribution in [3.63, 3.8) is 0 Å². The second-order valence-corrected chi connectivity index (χ2v) is 8.97. The lowest BCUT2D eigenvalue weighted by atomic mass is 9.96. The van der Waals surface area contributed by atoms with Gasteiger partial charge in [0.1, 0.15) is 5.75 Å². The van der Waals surface area contributed by atoms with Gasteiger partial charge >= 0.3 is 0 Å². The van der Waals surface area contributed by atoms with Crippen LogP contribution >= 0.6 is 0 Å². The Morgan fingerprint density at radius 1 is 0.897 bits per heavy atom. The van der Waals surface area contributed by atoms with Crippen LogP contribution < -0.4 is 4.74 Å². The van der Waals surface area contributed by atoms with E-state index in [2.05, 4.69) is 4.90 Å². The minimum Gasteiger partial charge on any atom is -0.493 e. The average Bonchev–Trinajstić information content (AvgIpc) is 3.33. The number of carbonyl (C=O) groups is 2. The van der Waals surface area contributed by atoms with Gasteiger partial charge in [-0.3, -0.25) is 9.59 Å². The van der Waals surface area contributed by atoms with Gasteiger partial charge in [-0.2, -0.15) is 0 Å². The molecule has 2 saturated heterocycles. The molecular formula is C24H34N2O3.